The molecule has 4 rings (SSSR count). The van der Waals surface area contributed by atoms with Gasteiger partial charge in [0.25, 0.3) is 0 Å². The number of nitrogens with one attached hydrogen (secondary N) is 1. The highest BCUT2D eigenvalue weighted by Gasteiger charge is 2.31. The first-order valence-electron chi connectivity index (χ1n) is 9.11. The number of benzene rings is 1. The van der Waals surface area contributed by atoms with Crippen LogP contribution in [-0.2, 0) is 11.2 Å². The van der Waals surface area contributed by atoms with Crippen molar-refractivity contribution in [2.45, 2.75) is 19.4 Å². The van der Waals surface area contributed by atoms with Crippen LogP contribution in [0, 0.1) is 0 Å². The van der Waals surface area contributed by atoms with E-state index in [1.807, 2.05) is 42.5 Å². The van der Waals surface area contributed by atoms with Crippen molar-refractivity contribution in [3.8, 4) is 5.75 Å². The van der Waals surface area contributed by atoms with Gasteiger partial charge in [0.2, 0.25) is 5.91 Å². The summed E-state index contributed by atoms with van der Waals surface area (Å²) in [5.41, 5.74) is 2.07. The minimum atomic E-state index is -0.0117. The summed E-state index contributed by atoms with van der Waals surface area (Å²) in [6, 6.07) is 14.2. The number of anilines is 1. The summed E-state index contributed by atoms with van der Waals surface area (Å²) in [6.45, 7) is 3.76. The lowest BCUT2D eigenvalue weighted by molar-refractivity contribution is -0.117. The van der Waals surface area contributed by atoms with Crippen molar-refractivity contribution in [1.29, 1.82) is 0 Å². The highest BCUT2D eigenvalue weighted by molar-refractivity contribution is 7.10. The van der Waals surface area contributed by atoms with Gasteiger partial charge in [-0.25, -0.2) is 0 Å². The van der Waals surface area contributed by atoms with Crippen LogP contribution in [0.2, 0.25) is 0 Å². The fourth-order valence-electron chi connectivity index (χ4n) is 3.54. The Bertz CT molecular complexity index is 905. The van der Waals surface area contributed by atoms with Crippen LogP contribution in [0.3, 0.4) is 0 Å². The van der Waals surface area contributed by atoms with Gasteiger partial charge in [-0.15, -0.1) is 22.7 Å². The van der Waals surface area contributed by atoms with Crippen molar-refractivity contribution in [2.75, 3.05) is 25.0 Å². The summed E-state index contributed by atoms with van der Waals surface area (Å²) in [7, 11) is 0. The van der Waals surface area contributed by atoms with E-state index in [9.17, 15) is 4.79 Å². The van der Waals surface area contributed by atoms with Gasteiger partial charge in [0.05, 0.1) is 24.9 Å². The van der Waals surface area contributed by atoms with Gasteiger partial charge in [-0.1, -0.05) is 18.2 Å². The van der Waals surface area contributed by atoms with E-state index in [0.717, 1.165) is 18.7 Å². The molecule has 0 aliphatic carbocycles. The standard InChI is InChI=1S/C21H22N2O2S2/c1-2-25-17-7-4-3-6-16(17)22-20(24)14-23-11-9-18-15(10-13-27-18)21(23)19-8-5-12-26-19/h3-8,10,12-13,21H,2,9,11,14H2,1H3,(H,22,24). The molecular formula is C21H22N2O2S2. The second kappa shape index (κ2) is 8.25. The molecular weight excluding hydrogens is 376 g/mol. The lowest BCUT2D eigenvalue weighted by Gasteiger charge is -2.34. The van der Waals surface area contributed by atoms with Crippen LogP contribution < -0.4 is 10.1 Å². The molecule has 4 nitrogen and oxygen atoms in total. The summed E-state index contributed by atoms with van der Waals surface area (Å²) in [5.74, 6) is 0.698. The van der Waals surface area contributed by atoms with E-state index in [1.54, 1.807) is 11.3 Å². The average Bonchev–Trinajstić information content (AvgIpc) is 3.35. The third-order valence-corrected chi connectivity index (χ3v) is 6.61. The Balaban J connectivity index is 1.52. The molecule has 0 saturated heterocycles. The number of amides is 1. The second-order valence-electron chi connectivity index (χ2n) is 6.41. The maximum atomic E-state index is 12.8. The zero-order valence-corrected chi connectivity index (χ0v) is 16.8. The first-order chi connectivity index (χ1) is 13.3. The maximum absolute atomic E-state index is 12.8. The van der Waals surface area contributed by atoms with Gasteiger partial charge < -0.3 is 10.1 Å². The summed E-state index contributed by atoms with van der Waals surface area (Å²) < 4.78 is 5.62. The van der Waals surface area contributed by atoms with Crippen molar-refractivity contribution in [2.24, 2.45) is 0 Å². The van der Waals surface area contributed by atoms with Gasteiger partial charge >= 0.3 is 0 Å². The number of hydrogen-bond acceptors (Lipinski definition) is 5. The van der Waals surface area contributed by atoms with E-state index in [4.69, 9.17) is 4.74 Å². The van der Waals surface area contributed by atoms with Crippen LogP contribution >= 0.6 is 22.7 Å². The van der Waals surface area contributed by atoms with Gasteiger partial charge in [0.1, 0.15) is 5.75 Å². The number of hydrogen-bond donors (Lipinski definition) is 1. The Morgan fingerprint density at radius 3 is 2.89 bits per heavy atom. The summed E-state index contributed by atoms with van der Waals surface area (Å²) in [4.78, 5) is 17.8. The number of carbonyl (C=O) groups excluding carboxylic acids is 1. The van der Waals surface area contributed by atoms with Crippen molar-refractivity contribution in [1.82, 2.24) is 4.90 Å². The quantitative estimate of drug-likeness (QED) is 0.649. The minimum Gasteiger partial charge on any atom is -0.492 e. The van der Waals surface area contributed by atoms with Gasteiger partial charge in [0.15, 0.2) is 0 Å². The second-order valence-corrected chi connectivity index (χ2v) is 8.39. The summed E-state index contributed by atoms with van der Waals surface area (Å²) >= 11 is 3.57. The fourth-order valence-corrected chi connectivity index (χ4v) is 5.32. The number of para-hydroxylation sites is 2. The Kier molecular flexibility index (Phi) is 5.57. The van der Waals surface area contributed by atoms with E-state index in [1.165, 1.54) is 15.3 Å². The van der Waals surface area contributed by atoms with Crippen LogP contribution in [0.25, 0.3) is 0 Å². The molecule has 1 aromatic carbocycles. The Morgan fingerprint density at radius 2 is 2.07 bits per heavy atom. The van der Waals surface area contributed by atoms with Crippen molar-refractivity contribution < 1.29 is 9.53 Å². The number of carbonyl (C=O) groups is 1. The van der Waals surface area contributed by atoms with Crippen molar-refractivity contribution >= 4 is 34.3 Å². The van der Waals surface area contributed by atoms with Gasteiger partial charge in [-0.3, -0.25) is 9.69 Å². The third-order valence-electron chi connectivity index (χ3n) is 4.69. The van der Waals surface area contributed by atoms with Crippen LogP contribution in [0.5, 0.6) is 5.75 Å². The molecule has 1 atom stereocenters. The molecule has 6 heteroatoms. The highest BCUT2D eigenvalue weighted by Crippen LogP contribution is 2.39. The Hall–Kier alpha value is -2.15. The molecule has 1 unspecified atom stereocenters. The molecule has 0 saturated carbocycles. The summed E-state index contributed by atoms with van der Waals surface area (Å²) in [5, 5.41) is 7.29. The van der Waals surface area contributed by atoms with Gasteiger partial charge in [-0.2, -0.15) is 0 Å². The predicted octanol–water partition coefficient (Wildman–Crippen LogP) is 4.79. The van der Waals surface area contributed by atoms with E-state index < -0.39 is 0 Å². The largest absolute Gasteiger partial charge is 0.492 e. The van der Waals surface area contributed by atoms with Crippen molar-refractivity contribution in [3.63, 3.8) is 0 Å². The number of ether oxygens (including phenoxy) is 1. The third kappa shape index (κ3) is 3.93. The van der Waals surface area contributed by atoms with Crippen molar-refractivity contribution in [3.05, 3.63) is 68.5 Å². The van der Waals surface area contributed by atoms with E-state index in [-0.39, 0.29) is 11.9 Å². The maximum Gasteiger partial charge on any atom is 0.238 e. The molecule has 0 radical (unpaired) electrons. The molecule has 1 aliphatic heterocycles. The molecule has 3 aromatic rings. The van der Waals surface area contributed by atoms with Gasteiger partial charge in [0, 0.05) is 16.3 Å². The SMILES string of the molecule is CCOc1ccccc1NC(=O)CN1CCc2sccc2C1c1cccs1. The molecule has 1 N–H and O–H groups in total. The van der Waals surface area contributed by atoms with E-state index in [2.05, 4.69) is 39.2 Å². The van der Waals surface area contributed by atoms with Gasteiger partial charge in [-0.05, 0) is 53.9 Å². The molecule has 1 aliphatic rings. The average molecular weight is 399 g/mol. The zero-order chi connectivity index (χ0) is 18.6. The molecule has 1 amide bonds. The molecule has 27 heavy (non-hydrogen) atoms. The smallest absolute Gasteiger partial charge is 0.238 e. The first kappa shape index (κ1) is 18.2. The molecule has 3 heterocycles. The number of thiophene rings is 2. The first-order valence-corrected chi connectivity index (χ1v) is 10.9. The topological polar surface area (TPSA) is 41.6 Å². The molecule has 140 valence electrons. The van der Waals surface area contributed by atoms with Crippen LogP contribution in [0.1, 0.15) is 28.3 Å². The lowest BCUT2D eigenvalue weighted by atomic mass is 9.98. The monoisotopic (exact) mass is 398 g/mol. The zero-order valence-electron chi connectivity index (χ0n) is 15.2. The van der Waals surface area contributed by atoms with E-state index >= 15 is 0 Å². The Morgan fingerprint density at radius 1 is 1.19 bits per heavy atom. The molecule has 0 fully saturated rings. The van der Waals surface area contributed by atoms with E-state index in [0.29, 0.717) is 18.9 Å². The normalized spacial score (nSPS) is 16.7. The van der Waals surface area contributed by atoms with Crippen LogP contribution in [-0.4, -0.2) is 30.5 Å². The highest BCUT2D eigenvalue weighted by atomic mass is 32.1. The fraction of sp³-hybridized carbons (Fsp3) is 0.286. The molecule has 0 bridgehead atoms. The number of rotatable bonds is 6. The molecule has 0 spiro atoms. The van der Waals surface area contributed by atoms with Crippen LogP contribution in [0.15, 0.2) is 53.2 Å². The number of fused-ring (bicyclic) bond motifs is 1. The minimum absolute atomic E-state index is 0.0117. The molecule has 2 aromatic heterocycles. The Labute approximate surface area is 167 Å². The summed E-state index contributed by atoms with van der Waals surface area (Å²) in [6.07, 6.45) is 0.998. The lowest BCUT2D eigenvalue weighted by Crippen LogP contribution is -2.40. The van der Waals surface area contributed by atoms with Crippen LogP contribution in [0.4, 0.5) is 5.69 Å². The predicted molar refractivity (Wildman–Crippen MR) is 112 cm³/mol. The number of nitrogens with zero attached hydrogens (tertiary/aromatic N) is 1.